The molecule has 2 nitrogen and oxygen atoms in total. The number of ether oxygens (including phenoxy) is 1. The van der Waals surface area contributed by atoms with Crippen LogP contribution < -0.4 is 4.74 Å². The zero-order valence-electron chi connectivity index (χ0n) is 8.98. The standard InChI is InChI=1S/C12H10BrClO2S/c1-16-11-4-7(14)2-3-8(11)12(15)9-5-17-6-10(9)13/h2-6,12,15H,1H3. The van der Waals surface area contributed by atoms with E-state index < -0.39 is 6.10 Å². The third kappa shape index (κ3) is 2.65. The highest BCUT2D eigenvalue weighted by molar-refractivity contribution is 9.10. The van der Waals surface area contributed by atoms with Crippen LogP contribution in [0.5, 0.6) is 5.75 Å². The summed E-state index contributed by atoms with van der Waals surface area (Å²) in [7, 11) is 1.56. The zero-order chi connectivity index (χ0) is 12.4. The quantitative estimate of drug-likeness (QED) is 0.909. The van der Waals surface area contributed by atoms with Gasteiger partial charge in [-0.25, -0.2) is 0 Å². The molecular weight excluding hydrogens is 324 g/mol. The Bertz CT molecular complexity index is 527. The van der Waals surface area contributed by atoms with Crippen LogP contribution in [0.1, 0.15) is 17.2 Å². The van der Waals surface area contributed by atoms with Gasteiger partial charge in [0, 0.05) is 26.0 Å². The minimum atomic E-state index is -0.720. The molecule has 17 heavy (non-hydrogen) atoms. The number of aliphatic hydroxyl groups excluding tert-OH is 1. The second kappa shape index (κ2) is 5.40. The maximum atomic E-state index is 10.3. The first kappa shape index (κ1) is 12.9. The highest BCUT2D eigenvalue weighted by Crippen LogP contribution is 2.36. The Morgan fingerprint density at radius 2 is 2.12 bits per heavy atom. The minimum absolute atomic E-state index is 0.585. The molecule has 0 radical (unpaired) electrons. The van der Waals surface area contributed by atoms with Crippen molar-refractivity contribution in [2.45, 2.75) is 6.10 Å². The van der Waals surface area contributed by atoms with Crippen molar-refractivity contribution in [2.24, 2.45) is 0 Å². The van der Waals surface area contributed by atoms with Crippen LogP contribution in [-0.2, 0) is 0 Å². The van der Waals surface area contributed by atoms with Gasteiger partial charge in [0.25, 0.3) is 0 Å². The van der Waals surface area contributed by atoms with E-state index in [1.54, 1.807) is 25.3 Å². The van der Waals surface area contributed by atoms with E-state index in [9.17, 15) is 5.11 Å². The third-order valence-electron chi connectivity index (χ3n) is 2.43. The largest absolute Gasteiger partial charge is 0.496 e. The molecule has 2 rings (SSSR count). The smallest absolute Gasteiger partial charge is 0.126 e. The number of hydrogen-bond acceptors (Lipinski definition) is 3. The van der Waals surface area contributed by atoms with E-state index in [0.29, 0.717) is 16.3 Å². The zero-order valence-corrected chi connectivity index (χ0v) is 12.1. The van der Waals surface area contributed by atoms with E-state index in [2.05, 4.69) is 15.9 Å². The first-order valence-corrected chi connectivity index (χ1v) is 6.98. The summed E-state index contributed by atoms with van der Waals surface area (Å²) in [6.07, 6.45) is -0.720. The van der Waals surface area contributed by atoms with Gasteiger partial charge in [-0.2, -0.15) is 11.3 Å². The van der Waals surface area contributed by atoms with Crippen LogP contribution in [0, 0.1) is 0 Å². The molecule has 0 aliphatic heterocycles. The van der Waals surface area contributed by atoms with Crippen LogP contribution in [0.4, 0.5) is 0 Å². The number of halogens is 2. The number of rotatable bonds is 3. The number of methoxy groups -OCH3 is 1. The third-order valence-corrected chi connectivity index (χ3v) is 4.41. The lowest BCUT2D eigenvalue weighted by atomic mass is 10.0. The van der Waals surface area contributed by atoms with Gasteiger partial charge in [-0.3, -0.25) is 0 Å². The predicted octanol–water partition coefficient (Wildman–Crippen LogP) is 4.25. The normalized spacial score (nSPS) is 12.5. The second-order valence-electron chi connectivity index (χ2n) is 3.46. The summed E-state index contributed by atoms with van der Waals surface area (Å²) >= 11 is 10.8. The van der Waals surface area contributed by atoms with E-state index >= 15 is 0 Å². The fraction of sp³-hybridized carbons (Fsp3) is 0.167. The molecule has 0 bridgehead atoms. The minimum Gasteiger partial charge on any atom is -0.496 e. The Kier molecular flexibility index (Phi) is 4.09. The Morgan fingerprint density at radius 1 is 1.35 bits per heavy atom. The van der Waals surface area contributed by atoms with Crippen LogP contribution in [0.3, 0.4) is 0 Å². The van der Waals surface area contributed by atoms with Crippen molar-refractivity contribution in [3.05, 3.63) is 49.6 Å². The van der Waals surface area contributed by atoms with Crippen molar-refractivity contribution < 1.29 is 9.84 Å². The second-order valence-corrected chi connectivity index (χ2v) is 5.50. The van der Waals surface area contributed by atoms with Gasteiger partial charge in [-0.1, -0.05) is 17.7 Å². The lowest BCUT2D eigenvalue weighted by Gasteiger charge is -2.14. The van der Waals surface area contributed by atoms with Crippen molar-refractivity contribution in [3.63, 3.8) is 0 Å². The maximum absolute atomic E-state index is 10.3. The SMILES string of the molecule is COc1cc(Cl)ccc1C(O)c1cscc1Br. The van der Waals surface area contributed by atoms with E-state index in [-0.39, 0.29) is 0 Å². The lowest BCUT2D eigenvalue weighted by molar-refractivity contribution is 0.214. The van der Waals surface area contributed by atoms with Crippen molar-refractivity contribution in [2.75, 3.05) is 7.11 Å². The van der Waals surface area contributed by atoms with Gasteiger partial charge in [-0.05, 0) is 33.4 Å². The molecule has 1 N–H and O–H groups in total. The number of aliphatic hydroxyl groups is 1. The molecule has 0 aliphatic carbocycles. The molecule has 0 spiro atoms. The van der Waals surface area contributed by atoms with Gasteiger partial charge >= 0.3 is 0 Å². The topological polar surface area (TPSA) is 29.5 Å². The monoisotopic (exact) mass is 332 g/mol. The van der Waals surface area contributed by atoms with Crippen molar-refractivity contribution in [1.82, 2.24) is 0 Å². The lowest BCUT2D eigenvalue weighted by Crippen LogP contribution is -2.01. The molecule has 90 valence electrons. The van der Waals surface area contributed by atoms with E-state index in [0.717, 1.165) is 10.0 Å². The summed E-state index contributed by atoms with van der Waals surface area (Å²) in [5, 5.41) is 14.7. The highest BCUT2D eigenvalue weighted by Gasteiger charge is 2.18. The summed E-state index contributed by atoms with van der Waals surface area (Å²) < 4.78 is 6.12. The van der Waals surface area contributed by atoms with Crippen LogP contribution in [0.25, 0.3) is 0 Å². The van der Waals surface area contributed by atoms with Gasteiger partial charge < -0.3 is 9.84 Å². The average Bonchev–Trinajstić information content (AvgIpc) is 2.74. The molecule has 0 fully saturated rings. The summed E-state index contributed by atoms with van der Waals surface area (Å²) in [5.41, 5.74) is 1.53. The molecule has 0 amide bonds. The average molecular weight is 334 g/mol. The Balaban J connectivity index is 2.44. The van der Waals surface area contributed by atoms with E-state index in [1.807, 2.05) is 10.8 Å². The fourth-order valence-corrected chi connectivity index (χ4v) is 3.26. The predicted molar refractivity (Wildman–Crippen MR) is 74.1 cm³/mol. The van der Waals surface area contributed by atoms with Gasteiger partial charge in [-0.15, -0.1) is 0 Å². The van der Waals surface area contributed by atoms with Crippen molar-refractivity contribution in [1.29, 1.82) is 0 Å². The summed E-state index contributed by atoms with van der Waals surface area (Å²) in [6, 6.07) is 5.21. The molecule has 1 aromatic carbocycles. The maximum Gasteiger partial charge on any atom is 0.126 e. The van der Waals surface area contributed by atoms with E-state index in [4.69, 9.17) is 16.3 Å². The fourth-order valence-electron chi connectivity index (χ4n) is 1.56. The molecule has 1 unspecified atom stereocenters. The molecule has 0 saturated carbocycles. The molecule has 1 aromatic heterocycles. The van der Waals surface area contributed by atoms with Crippen LogP contribution in [0.2, 0.25) is 5.02 Å². The van der Waals surface area contributed by atoms with Crippen LogP contribution in [0.15, 0.2) is 33.4 Å². The Hall–Kier alpha value is -0.550. The van der Waals surface area contributed by atoms with Gasteiger partial charge in [0.15, 0.2) is 0 Å². The van der Waals surface area contributed by atoms with Gasteiger partial charge in [0.2, 0.25) is 0 Å². The number of hydrogen-bond donors (Lipinski definition) is 1. The summed E-state index contributed by atoms with van der Waals surface area (Å²) in [6.45, 7) is 0. The molecule has 0 aliphatic rings. The first-order chi connectivity index (χ1) is 8.13. The molecule has 0 saturated heterocycles. The number of thiophene rings is 1. The first-order valence-electron chi connectivity index (χ1n) is 4.86. The number of benzene rings is 1. The Labute approximate surface area is 117 Å². The highest BCUT2D eigenvalue weighted by atomic mass is 79.9. The summed E-state index contributed by atoms with van der Waals surface area (Å²) in [5.74, 6) is 0.586. The molecule has 1 atom stereocenters. The molecule has 5 heteroatoms. The van der Waals surface area contributed by atoms with Gasteiger partial charge in [0.1, 0.15) is 11.9 Å². The van der Waals surface area contributed by atoms with Crippen LogP contribution >= 0.6 is 38.9 Å². The van der Waals surface area contributed by atoms with Crippen LogP contribution in [-0.4, -0.2) is 12.2 Å². The summed E-state index contributed by atoms with van der Waals surface area (Å²) in [4.78, 5) is 0. The van der Waals surface area contributed by atoms with E-state index in [1.165, 1.54) is 11.3 Å². The molecular formula is C12H10BrClO2S. The van der Waals surface area contributed by atoms with Crippen molar-refractivity contribution >= 4 is 38.9 Å². The molecule has 1 heterocycles. The molecule has 2 aromatic rings. The Morgan fingerprint density at radius 3 is 2.71 bits per heavy atom. The van der Waals surface area contributed by atoms with Gasteiger partial charge in [0.05, 0.1) is 7.11 Å². The van der Waals surface area contributed by atoms with Crippen molar-refractivity contribution in [3.8, 4) is 5.75 Å².